The third kappa shape index (κ3) is 3.22. The molecule has 1 heterocycles. The molecule has 0 saturated heterocycles. The summed E-state index contributed by atoms with van der Waals surface area (Å²) in [6, 6.07) is 1.02. The molecule has 1 aromatic carbocycles. The fraction of sp³-hybridized carbons (Fsp3) is 0.273. The minimum atomic E-state index is -1.26. The molecular formula is C11H11F3N4O. The molecule has 19 heavy (non-hydrogen) atoms. The van der Waals surface area contributed by atoms with Crippen LogP contribution in [0.15, 0.2) is 16.5 Å². The monoisotopic (exact) mass is 272 g/mol. The molecule has 1 aromatic heterocycles. The smallest absolute Gasteiger partial charge is 0.320 e. The molecular weight excluding hydrogens is 261 g/mol. The third-order valence-electron chi connectivity index (χ3n) is 2.24. The van der Waals surface area contributed by atoms with Gasteiger partial charge < -0.3 is 15.1 Å². The molecule has 0 aliphatic rings. The van der Waals surface area contributed by atoms with Crippen LogP contribution in [0.3, 0.4) is 0 Å². The highest BCUT2D eigenvalue weighted by Crippen LogP contribution is 2.21. The van der Waals surface area contributed by atoms with Crippen molar-refractivity contribution in [2.45, 2.75) is 13.5 Å². The van der Waals surface area contributed by atoms with Gasteiger partial charge in [-0.1, -0.05) is 12.0 Å². The number of nitrogens with one attached hydrogen (secondary N) is 2. The first kappa shape index (κ1) is 13.3. The molecule has 0 radical (unpaired) electrons. The van der Waals surface area contributed by atoms with Crippen LogP contribution < -0.4 is 10.6 Å². The van der Waals surface area contributed by atoms with Crippen LogP contribution in [0.25, 0.3) is 0 Å². The highest BCUT2D eigenvalue weighted by molar-refractivity contribution is 5.52. The summed E-state index contributed by atoms with van der Waals surface area (Å²) >= 11 is 0. The van der Waals surface area contributed by atoms with E-state index in [9.17, 15) is 13.2 Å². The van der Waals surface area contributed by atoms with Gasteiger partial charge in [-0.2, -0.15) is 0 Å². The van der Waals surface area contributed by atoms with Crippen LogP contribution in [0, 0.1) is 17.5 Å². The highest BCUT2D eigenvalue weighted by atomic mass is 19.2. The van der Waals surface area contributed by atoms with E-state index in [1.165, 1.54) is 0 Å². The van der Waals surface area contributed by atoms with Crippen LogP contribution in [0.1, 0.15) is 12.8 Å². The molecule has 0 amide bonds. The molecule has 0 fully saturated rings. The topological polar surface area (TPSA) is 63.0 Å². The molecule has 0 unspecified atom stereocenters. The van der Waals surface area contributed by atoms with Gasteiger partial charge in [0.2, 0.25) is 5.89 Å². The molecule has 0 atom stereocenters. The summed E-state index contributed by atoms with van der Waals surface area (Å²) < 4.78 is 44.2. The van der Waals surface area contributed by atoms with E-state index in [4.69, 9.17) is 4.42 Å². The van der Waals surface area contributed by atoms with Gasteiger partial charge in [0, 0.05) is 12.1 Å². The number of rotatable bonds is 5. The van der Waals surface area contributed by atoms with Gasteiger partial charge >= 0.3 is 6.01 Å². The molecule has 0 spiro atoms. The van der Waals surface area contributed by atoms with E-state index in [0.29, 0.717) is 24.6 Å². The van der Waals surface area contributed by atoms with Gasteiger partial charge in [-0.15, -0.1) is 5.10 Å². The van der Waals surface area contributed by atoms with Gasteiger partial charge in [0.25, 0.3) is 0 Å². The van der Waals surface area contributed by atoms with Crippen molar-refractivity contribution >= 4 is 11.7 Å². The lowest BCUT2D eigenvalue weighted by atomic mass is 10.3. The van der Waals surface area contributed by atoms with E-state index in [1.54, 1.807) is 0 Å². The second-order valence-corrected chi connectivity index (χ2v) is 3.65. The Kier molecular flexibility index (Phi) is 4.00. The summed E-state index contributed by atoms with van der Waals surface area (Å²) in [5.74, 6) is -3.09. The van der Waals surface area contributed by atoms with Crippen molar-refractivity contribution in [3.63, 3.8) is 0 Å². The van der Waals surface area contributed by atoms with E-state index < -0.39 is 17.5 Å². The van der Waals surface area contributed by atoms with Crippen LogP contribution in [0.4, 0.5) is 24.9 Å². The Labute approximate surface area is 106 Å². The Bertz CT molecular complexity index is 573. The Morgan fingerprint density at radius 2 is 1.84 bits per heavy atom. The second kappa shape index (κ2) is 5.70. The predicted molar refractivity (Wildman–Crippen MR) is 61.3 cm³/mol. The van der Waals surface area contributed by atoms with Crippen LogP contribution >= 0.6 is 0 Å². The van der Waals surface area contributed by atoms with E-state index in [2.05, 4.69) is 20.8 Å². The Hall–Kier alpha value is -2.09. The molecule has 5 nitrogen and oxygen atoms in total. The van der Waals surface area contributed by atoms with Crippen molar-refractivity contribution in [1.82, 2.24) is 15.5 Å². The number of anilines is 2. The zero-order valence-electron chi connectivity index (χ0n) is 10.0. The maximum atomic E-state index is 13.4. The number of nitrogens with zero attached hydrogens (tertiary/aromatic N) is 2. The lowest BCUT2D eigenvalue weighted by Gasteiger charge is -2.03. The van der Waals surface area contributed by atoms with Gasteiger partial charge in [0.05, 0.1) is 12.2 Å². The maximum absolute atomic E-state index is 13.4. The SMILES string of the molecule is CCNCc1nnc(Nc2cc(F)c(F)cc2F)o1. The van der Waals surface area contributed by atoms with Gasteiger partial charge in [0.1, 0.15) is 5.82 Å². The van der Waals surface area contributed by atoms with Crippen LogP contribution in [0.5, 0.6) is 0 Å². The molecule has 0 aliphatic heterocycles. The van der Waals surface area contributed by atoms with Crippen molar-refractivity contribution in [2.75, 3.05) is 11.9 Å². The molecule has 102 valence electrons. The van der Waals surface area contributed by atoms with Crippen LogP contribution in [-0.2, 0) is 6.54 Å². The Morgan fingerprint density at radius 1 is 1.11 bits per heavy atom. The standard InChI is InChI=1S/C11H11F3N4O/c1-2-15-5-10-17-18-11(19-10)16-9-4-7(13)6(12)3-8(9)14/h3-4,15H,2,5H2,1H3,(H,16,18). The number of aromatic nitrogens is 2. The molecule has 0 saturated carbocycles. The first-order valence-electron chi connectivity index (χ1n) is 5.54. The van der Waals surface area contributed by atoms with E-state index in [1.807, 2.05) is 6.92 Å². The number of hydrogen-bond acceptors (Lipinski definition) is 5. The van der Waals surface area contributed by atoms with Crippen molar-refractivity contribution in [1.29, 1.82) is 0 Å². The van der Waals surface area contributed by atoms with Gasteiger partial charge in [-0.25, -0.2) is 13.2 Å². The second-order valence-electron chi connectivity index (χ2n) is 3.65. The molecule has 0 bridgehead atoms. The largest absolute Gasteiger partial charge is 0.406 e. The van der Waals surface area contributed by atoms with Gasteiger partial charge in [-0.05, 0) is 6.54 Å². The summed E-state index contributed by atoms with van der Waals surface area (Å²) in [4.78, 5) is 0. The normalized spacial score (nSPS) is 10.7. The van der Waals surface area contributed by atoms with Crippen LogP contribution in [-0.4, -0.2) is 16.7 Å². The minimum Gasteiger partial charge on any atom is -0.406 e. The highest BCUT2D eigenvalue weighted by Gasteiger charge is 2.12. The third-order valence-corrected chi connectivity index (χ3v) is 2.24. The predicted octanol–water partition coefficient (Wildman–Crippen LogP) is 2.34. The average molecular weight is 272 g/mol. The molecule has 0 aliphatic carbocycles. The Morgan fingerprint density at radius 3 is 2.58 bits per heavy atom. The summed E-state index contributed by atoms with van der Waals surface area (Å²) in [6.45, 7) is 3.00. The van der Waals surface area contributed by atoms with E-state index in [-0.39, 0.29) is 11.7 Å². The van der Waals surface area contributed by atoms with Crippen molar-refractivity contribution in [2.24, 2.45) is 0 Å². The summed E-state index contributed by atoms with van der Waals surface area (Å²) in [6.07, 6.45) is 0. The first-order valence-corrected chi connectivity index (χ1v) is 5.54. The van der Waals surface area contributed by atoms with Crippen molar-refractivity contribution in [3.05, 3.63) is 35.5 Å². The fourth-order valence-corrected chi connectivity index (χ4v) is 1.34. The zero-order chi connectivity index (χ0) is 13.8. The van der Waals surface area contributed by atoms with Crippen LogP contribution in [0.2, 0.25) is 0 Å². The average Bonchev–Trinajstić information content (AvgIpc) is 2.81. The molecule has 2 rings (SSSR count). The number of benzene rings is 1. The minimum absolute atomic E-state index is 0.0992. The first-order chi connectivity index (χ1) is 9.10. The van der Waals surface area contributed by atoms with Crippen molar-refractivity contribution < 1.29 is 17.6 Å². The summed E-state index contributed by atoms with van der Waals surface area (Å²) in [7, 11) is 0. The molecule has 2 N–H and O–H groups in total. The van der Waals surface area contributed by atoms with Gasteiger partial charge in [-0.3, -0.25) is 0 Å². The summed E-state index contributed by atoms with van der Waals surface area (Å²) in [5, 5.41) is 12.6. The fourth-order valence-electron chi connectivity index (χ4n) is 1.34. The van der Waals surface area contributed by atoms with E-state index >= 15 is 0 Å². The zero-order valence-corrected chi connectivity index (χ0v) is 10.0. The van der Waals surface area contributed by atoms with E-state index in [0.717, 1.165) is 6.54 Å². The number of hydrogen-bond donors (Lipinski definition) is 2. The molecule has 8 heteroatoms. The summed E-state index contributed by atoms with van der Waals surface area (Å²) in [5.41, 5.74) is -0.280. The quantitative estimate of drug-likeness (QED) is 0.818. The molecule has 2 aromatic rings. The lowest BCUT2D eigenvalue weighted by molar-refractivity contribution is 0.482. The maximum Gasteiger partial charge on any atom is 0.320 e. The Balaban J connectivity index is 2.12. The number of halogens is 3. The van der Waals surface area contributed by atoms with Crippen molar-refractivity contribution in [3.8, 4) is 0 Å². The lowest BCUT2D eigenvalue weighted by Crippen LogP contribution is -2.11. The van der Waals surface area contributed by atoms with Gasteiger partial charge in [0.15, 0.2) is 11.6 Å².